The van der Waals surface area contributed by atoms with Gasteiger partial charge in [-0.25, -0.2) is 0 Å². The summed E-state index contributed by atoms with van der Waals surface area (Å²) in [5, 5.41) is 18.3. The molecule has 22 heavy (non-hydrogen) atoms. The molecule has 0 amide bonds. The topological polar surface area (TPSA) is 70.0 Å². The van der Waals surface area contributed by atoms with E-state index < -0.39 is 11.4 Å². The molecule has 122 valence electrons. The Kier molecular flexibility index (Phi) is 5.80. The first-order chi connectivity index (χ1) is 10.6. The highest BCUT2D eigenvalue weighted by atomic mass is 16.5. The monoisotopic (exact) mass is 307 g/mol. The lowest BCUT2D eigenvalue weighted by Gasteiger charge is -2.39. The van der Waals surface area contributed by atoms with Crippen molar-refractivity contribution < 1.29 is 19.7 Å². The van der Waals surface area contributed by atoms with E-state index in [0.717, 1.165) is 37.2 Å². The van der Waals surface area contributed by atoms with Crippen molar-refractivity contribution in [3.63, 3.8) is 0 Å². The Morgan fingerprint density at radius 1 is 1.45 bits per heavy atom. The third-order valence-corrected chi connectivity index (χ3v) is 4.45. The Labute approximate surface area is 131 Å². The van der Waals surface area contributed by atoms with Gasteiger partial charge in [-0.15, -0.1) is 0 Å². The molecule has 0 bridgehead atoms. The van der Waals surface area contributed by atoms with Crippen molar-refractivity contribution in [1.29, 1.82) is 0 Å². The molecule has 1 aromatic carbocycles. The lowest BCUT2D eigenvalue weighted by atomic mass is 9.77. The summed E-state index contributed by atoms with van der Waals surface area (Å²) in [5.74, 6) is 0.0586. The highest BCUT2D eigenvalue weighted by Gasteiger charge is 2.40. The van der Waals surface area contributed by atoms with E-state index in [-0.39, 0.29) is 13.2 Å². The number of carboxylic acids is 1. The zero-order chi connectivity index (χ0) is 16.0. The first kappa shape index (κ1) is 16.8. The SMILES string of the molecule is CCC1(C(=O)O)CCCN(Cc2cccc(OCCO)c2)C1. The zero-order valence-electron chi connectivity index (χ0n) is 13.1. The highest BCUT2D eigenvalue weighted by molar-refractivity contribution is 5.75. The van der Waals surface area contributed by atoms with E-state index in [0.29, 0.717) is 13.0 Å². The van der Waals surface area contributed by atoms with Crippen LogP contribution in [0.3, 0.4) is 0 Å². The first-order valence-corrected chi connectivity index (χ1v) is 7.88. The molecule has 1 unspecified atom stereocenters. The number of benzene rings is 1. The van der Waals surface area contributed by atoms with Gasteiger partial charge in [0.15, 0.2) is 0 Å². The molecule has 0 aromatic heterocycles. The average Bonchev–Trinajstić information content (AvgIpc) is 2.53. The Bertz CT molecular complexity index is 505. The molecule has 1 fully saturated rings. The zero-order valence-corrected chi connectivity index (χ0v) is 13.1. The van der Waals surface area contributed by atoms with Gasteiger partial charge in [-0.1, -0.05) is 19.1 Å². The van der Waals surface area contributed by atoms with Crippen molar-refractivity contribution in [2.75, 3.05) is 26.3 Å². The fourth-order valence-electron chi connectivity index (χ4n) is 3.13. The average molecular weight is 307 g/mol. The minimum Gasteiger partial charge on any atom is -0.491 e. The minimum absolute atomic E-state index is 0.00597. The van der Waals surface area contributed by atoms with Crippen molar-refractivity contribution in [3.05, 3.63) is 29.8 Å². The molecule has 5 nitrogen and oxygen atoms in total. The van der Waals surface area contributed by atoms with Crippen LogP contribution < -0.4 is 4.74 Å². The van der Waals surface area contributed by atoms with Gasteiger partial charge in [-0.2, -0.15) is 0 Å². The quantitative estimate of drug-likeness (QED) is 0.807. The van der Waals surface area contributed by atoms with E-state index in [1.54, 1.807) is 0 Å². The number of carbonyl (C=O) groups is 1. The number of hydrogen-bond acceptors (Lipinski definition) is 4. The molecule has 1 atom stereocenters. The molecule has 1 aromatic rings. The maximum atomic E-state index is 11.6. The Balaban J connectivity index is 2.02. The number of carboxylic acid groups (broad SMARTS) is 1. The molecule has 0 saturated carbocycles. The number of aliphatic hydroxyl groups excluding tert-OH is 1. The van der Waals surface area contributed by atoms with Gasteiger partial charge in [0.05, 0.1) is 12.0 Å². The third kappa shape index (κ3) is 3.99. The molecule has 0 radical (unpaired) electrons. The molecule has 1 aliphatic heterocycles. The third-order valence-electron chi connectivity index (χ3n) is 4.45. The van der Waals surface area contributed by atoms with Gasteiger partial charge in [0, 0.05) is 13.1 Å². The van der Waals surface area contributed by atoms with Crippen LogP contribution in [-0.4, -0.2) is 47.4 Å². The summed E-state index contributed by atoms with van der Waals surface area (Å²) in [6.45, 7) is 4.49. The van der Waals surface area contributed by atoms with Crippen molar-refractivity contribution in [2.24, 2.45) is 5.41 Å². The van der Waals surface area contributed by atoms with E-state index in [1.807, 2.05) is 31.2 Å². The maximum Gasteiger partial charge on any atom is 0.310 e. The van der Waals surface area contributed by atoms with Crippen molar-refractivity contribution in [2.45, 2.75) is 32.7 Å². The van der Waals surface area contributed by atoms with Crippen LogP contribution in [0.1, 0.15) is 31.7 Å². The molecule has 0 aliphatic carbocycles. The van der Waals surface area contributed by atoms with E-state index in [9.17, 15) is 9.90 Å². The van der Waals surface area contributed by atoms with Crippen LogP contribution in [0.4, 0.5) is 0 Å². The van der Waals surface area contributed by atoms with Gasteiger partial charge in [0.1, 0.15) is 12.4 Å². The Morgan fingerprint density at radius 3 is 2.95 bits per heavy atom. The molecule has 0 spiro atoms. The van der Waals surface area contributed by atoms with Gasteiger partial charge in [0.2, 0.25) is 0 Å². The van der Waals surface area contributed by atoms with Crippen LogP contribution in [0.15, 0.2) is 24.3 Å². The second-order valence-electron chi connectivity index (χ2n) is 5.97. The number of likely N-dealkylation sites (tertiary alicyclic amines) is 1. The number of hydrogen-bond donors (Lipinski definition) is 2. The number of ether oxygens (including phenoxy) is 1. The van der Waals surface area contributed by atoms with Crippen LogP contribution >= 0.6 is 0 Å². The molecule has 5 heteroatoms. The summed E-state index contributed by atoms with van der Waals surface area (Å²) in [5.41, 5.74) is 0.496. The first-order valence-electron chi connectivity index (χ1n) is 7.88. The molecular formula is C17H25NO4. The highest BCUT2D eigenvalue weighted by Crippen LogP contribution is 2.34. The van der Waals surface area contributed by atoms with Gasteiger partial charge in [0.25, 0.3) is 0 Å². The molecular weight excluding hydrogens is 282 g/mol. The Morgan fingerprint density at radius 2 is 2.27 bits per heavy atom. The fourth-order valence-corrected chi connectivity index (χ4v) is 3.13. The standard InChI is InChI=1S/C17H25NO4/c1-2-17(16(20)21)7-4-8-18(13-17)12-14-5-3-6-15(11-14)22-10-9-19/h3,5-6,11,19H,2,4,7-10,12-13H2,1H3,(H,20,21). The fraction of sp³-hybridized carbons (Fsp3) is 0.588. The number of nitrogens with zero attached hydrogens (tertiary/aromatic N) is 1. The number of piperidine rings is 1. The largest absolute Gasteiger partial charge is 0.491 e. The van der Waals surface area contributed by atoms with Crippen LogP contribution in [0.25, 0.3) is 0 Å². The summed E-state index contributed by atoms with van der Waals surface area (Å²) in [6, 6.07) is 7.77. The van der Waals surface area contributed by atoms with E-state index in [2.05, 4.69) is 4.90 Å². The number of aliphatic hydroxyl groups is 1. The van der Waals surface area contributed by atoms with E-state index >= 15 is 0 Å². The van der Waals surface area contributed by atoms with Crippen LogP contribution in [0, 0.1) is 5.41 Å². The summed E-state index contributed by atoms with van der Waals surface area (Å²) < 4.78 is 5.42. The van der Waals surface area contributed by atoms with E-state index in [1.165, 1.54) is 0 Å². The molecule has 1 heterocycles. The maximum absolute atomic E-state index is 11.6. The normalized spacial score (nSPS) is 22.5. The molecule has 2 N–H and O–H groups in total. The van der Waals surface area contributed by atoms with Gasteiger partial charge in [-0.05, 0) is 43.5 Å². The predicted octanol–water partition coefficient (Wildman–Crippen LogP) is 2.13. The molecule has 1 aliphatic rings. The second kappa shape index (κ2) is 7.61. The van der Waals surface area contributed by atoms with Crippen molar-refractivity contribution in [3.8, 4) is 5.75 Å². The molecule has 2 rings (SSSR count). The smallest absolute Gasteiger partial charge is 0.310 e. The van der Waals surface area contributed by atoms with Crippen LogP contribution in [0.2, 0.25) is 0 Å². The van der Waals surface area contributed by atoms with E-state index in [4.69, 9.17) is 9.84 Å². The van der Waals surface area contributed by atoms with Gasteiger partial charge in [-0.3, -0.25) is 9.69 Å². The predicted molar refractivity (Wildman–Crippen MR) is 83.9 cm³/mol. The van der Waals surface area contributed by atoms with Crippen molar-refractivity contribution in [1.82, 2.24) is 4.90 Å². The summed E-state index contributed by atoms with van der Waals surface area (Å²) in [4.78, 5) is 13.8. The number of rotatable bonds is 7. The van der Waals surface area contributed by atoms with Gasteiger partial charge < -0.3 is 14.9 Å². The summed E-state index contributed by atoms with van der Waals surface area (Å²) in [7, 11) is 0. The molecule has 1 saturated heterocycles. The lowest BCUT2D eigenvalue weighted by molar-refractivity contribution is -0.153. The number of aliphatic carboxylic acids is 1. The summed E-state index contributed by atoms with van der Waals surface area (Å²) in [6.07, 6.45) is 2.34. The van der Waals surface area contributed by atoms with Crippen LogP contribution in [-0.2, 0) is 11.3 Å². The summed E-state index contributed by atoms with van der Waals surface area (Å²) >= 11 is 0. The van der Waals surface area contributed by atoms with Gasteiger partial charge >= 0.3 is 5.97 Å². The second-order valence-corrected chi connectivity index (χ2v) is 5.97. The minimum atomic E-state index is -0.681. The Hall–Kier alpha value is -1.59. The lowest BCUT2D eigenvalue weighted by Crippen LogP contribution is -2.47. The van der Waals surface area contributed by atoms with Crippen molar-refractivity contribution >= 4 is 5.97 Å². The van der Waals surface area contributed by atoms with Crippen LogP contribution in [0.5, 0.6) is 5.75 Å².